The monoisotopic (exact) mass is 487 g/mol. The zero-order valence-corrected chi connectivity index (χ0v) is 20.5. The molecule has 0 aromatic heterocycles. The van der Waals surface area contributed by atoms with E-state index >= 15 is 0 Å². The van der Waals surface area contributed by atoms with Crippen molar-refractivity contribution in [2.75, 3.05) is 23.4 Å². The minimum Gasteiger partial charge on any atom is -0.494 e. The summed E-state index contributed by atoms with van der Waals surface area (Å²) in [6.07, 6.45) is 1.67. The molecule has 1 aliphatic heterocycles. The summed E-state index contributed by atoms with van der Waals surface area (Å²) < 4.78 is 5.63. The minimum atomic E-state index is -0.675. The lowest BCUT2D eigenvalue weighted by molar-refractivity contribution is -0.122. The minimum absolute atomic E-state index is 0.0678. The van der Waals surface area contributed by atoms with Gasteiger partial charge in [-0.15, -0.1) is 0 Å². The first kappa shape index (κ1) is 24.4. The Morgan fingerprint density at radius 3 is 2.31 bits per heavy atom. The maximum Gasteiger partial charge on any atom is 0.257 e. The van der Waals surface area contributed by atoms with Gasteiger partial charge in [0.2, 0.25) is 5.91 Å². The maximum absolute atomic E-state index is 13.5. The van der Waals surface area contributed by atoms with Crippen molar-refractivity contribution in [3.05, 3.63) is 90.5 Å². The molecule has 0 bridgehead atoms. The zero-order valence-electron chi connectivity index (χ0n) is 19.7. The number of anilines is 2. The summed E-state index contributed by atoms with van der Waals surface area (Å²) in [6.45, 7) is 3.16. The van der Waals surface area contributed by atoms with E-state index < -0.39 is 6.04 Å². The molecule has 4 rings (SSSR count). The van der Waals surface area contributed by atoms with Crippen LogP contribution in [0.3, 0.4) is 0 Å². The third-order valence-corrected chi connectivity index (χ3v) is 6.17. The van der Waals surface area contributed by atoms with Gasteiger partial charge >= 0.3 is 0 Å². The standard InChI is InChI=1S/C28H29N3O3S/c1-2-19-34-24-15-13-23(14-16-24)31-26(32)20-25(27(31)33)30(18-17-21-9-5-3-6-10-21)28(35)29-22-11-7-4-8-12-22/h3-16,25H,2,17-20H2,1H3,(H,29,35)/t25-/m0/s1. The van der Waals surface area contributed by atoms with E-state index in [-0.39, 0.29) is 18.2 Å². The molecule has 1 atom stereocenters. The lowest BCUT2D eigenvalue weighted by atomic mass is 10.1. The van der Waals surface area contributed by atoms with Crippen molar-refractivity contribution in [2.24, 2.45) is 0 Å². The van der Waals surface area contributed by atoms with E-state index in [0.717, 1.165) is 17.7 Å². The molecule has 3 aromatic rings. The molecule has 0 unspecified atom stereocenters. The summed E-state index contributed by atoms with van der Waals surface area (Å²) in [5, 5.41) is 3.65. The molecule has 1 aliphatic rings. The van der Waals surface area contributed by atoms with Crippen LogP contribution in [-0.4, -0.2) is 41.0 Å². The quantitative estimate of drug-likeness (QED) is 0.337. The van der Waals surface area contributed by atoms with E-state index in [1.54, 1.807) is 24.3 Å². The predicted octanol–water partition coefficient (Wildman–Crippen LogP) is 5.05. The van der Waals surface area contributed by atoms with Crippen LogP contribution in [0.25, 0.3) is 0 Å². The topological polar surface area (TPSA) is 61.9 Å². The van der Waals surface area contributed by atoms with E-state index in [0.29, 0.717) is 36.1 Å². The number of hydrogen-bond donors (Lipinski definition) is 1. The Kier molecular flexibility index (Phi) is 8.11. The summed E-state index contributed by atoms with van der Waals surface area (Å²) in [5.74, 6) is 0.195. The Morgan fingerprint density at radius 1 is 1.00 bits per heavy atom. The van der Waals surface area contributed by atoms with Gasteiger partial charge in [-0.25, -0.2) is 4.90 Å². The fraction of sp³-hybridized carbons (Fsp3) is 0.250. The molecule has 1 fully saturated rings. The first-order valence-electron chi connectivity index (χ1n) is 11.8. The second kappa shape index (κ2) is 11.6. The number of carbonyl (C=O) groups excluding carboxylic acids is 2. The number of carbonyl (C=O) groups is 2. The van der Waals surface area contributed by atoms with Crippen molar-refractivity contribution in [1.29, 1.82) is 0 Å². The molecule has 1 saturated heterocycles. The van der Waals surface area contributed by atoms with Gasteiger partial charge in [0.05, 0.1) is 18.7 Å². The molecular weight excluding hydrogens is 458 g/mol. The van der Waals surface area contributed by atoms with Gasteiger partial charge < -0.3 is 15.0 Å². The smallest absolute Gasteiger partial charge is 0.257 e. The van der Waals surface area contributed by atoms with Crippen LogP contribution in [0.2, 0.25) is 0 Å². The van der Waals surface area contributed by atoms with Crippen LogP contribution in [0.5, 0.6) is 5.75 Å². The van der Waals surface area contributed by atoms with E-state index in [2.05, 4.69) is 5.32 Å². The average molecular weight is 488 g/mol. The molecular formula is C28H29N3O3S. The van der Waals surface area contributed by atoms with Gasteiger partial charge in [0, 0.05) is 12.2 Å². The summed E-state index contributed by atoms with van der Waals surface area (Å²) in [4.78, 5) is 29.6. The Hall–Kier alpha value is -3.71. The summed E-state index contributed by atoms with van der Waals surface area (Å²) in [7, 11) is 0. The summed E-state index contributed by atoms with van der Waals surface area (Å²) in [6, 6.07) is 26.0. The van der Waals surface area contributed by atoms with Gasteiger partial charge in [-0.2, -0.15) is 0 Å². The highest BCUT2D eigenvalue weighted by Gasteiger charge is 2.43. The highest BCUT2D eigenvalue weighted by molar-refractivity contribution is 7.80. The molecule has 0 spiro atoms. The molecule has 35 heavy (non-hydrogen) atoms. The van der Waals surface area contributed by atoms with Crippen LogP contribution >= 0.6 is 12.2 Å². The first-order chi connectivity index (χ1) is 17.1. The number of para-hydroxylation sites is 1. The number of nitrogens with one attached hydrogen (secondary N) is 1. The van der Waals surface area contributed by atoms with Gasteiger partial charge in [-0.05, 0) is 67.0 Å². The van der Waals surface area contributed by atoms with Gasteiger partial charge in [-0.1, -0.05) is 55.5 Å². The largest absolute Gasteiger partial charge is 0.494 e. The molecule has 6 nitrogen and oxygen atoms in total. The highest BCUT2D eigenvalue weighted by atomic mass is 32.1. The Bertz CT molecular complexity index is 1150. The van der Waals surface area contributed by atoms with Crippen molar-refractivity contribution in [1.82, 2.24) is 4.90 Å². The number of nitrogens with zero attached hydrogens (tertiary/aromatic N) is 2. The fourth-order valence-electron chi connectivity index (χ4n) is 4.05. The van der Waals surface area contributed by atoms with Crippen LogP contribution in [-0.2, 0) is 16.0 Å². The van der Waals surface area contributed by atoms with Gasteiger partial charge in [0.25, 0.3) is 5.91 Å². The van der Waals surface area contributed by atoms with Gasteiger partial charge in [-0.3, -0.25) is 9.59 Å². The maximum atomic E-state index is 13.5. The van der Waals surface area contributed by atoms with Crippen molar-refractivity contribution in [3.8, 4) is 5.75 Å². The first-order valence-corrected chi connectivity index (χ1v) is 12.2. The van der Waals surface area contributed by atoms with Crippen molar-refractivity contribution < 1.29 is 14.3 Å². The van der Waals surface area contributed by atoms with E-state index in [4.69, 9.17) is 17.0 Å². The molecule has 7 heteroatoms. The molecule has 0 aliphatic carbocycles. The number of hydrogen-bond acceptors (Lipinski definition) is 4. The molecule has 1 N–H and O–H groups in total. The molecule has 1 heterocycles. The number of benzene rings is 3. The van der Waals surface area contributed by atoms with Crippen LogP contribution in [0.1, 0.15) is 25.3 Å². The SMILES string of the molecule is CCCOc1ccc(N2C(=O)C[C@H](N(CCc3ccccc3)C(=S)Nc3ccccc3)C2=O)cc1. The third-order valence-electron chi connectivity index (χ3n) is 5.84. The number of rotatable bonds is 9. The number of amides is 2. The Balaban J connectivity index is 1.54. The van der Waals surface area contributed by atoms with E-state index in [1.165, 1.54) is 4.90 Å². The molecule has 2 amide bonds. The number of imide groups is 1. The zero-order chi connectivity index (χ0) is 24.6. The Morgan fingerprint density at radius 2 is 1.66 bits per heavy atom. The van der Waals surface area contributed by atoms with Gasteiger partial charge in [0.15, 0.2) is 5.11 Å². The van der Waals surface area contributed by atoms with Crippen LogP contribution in [0.4, 0.5) is 11.4 Å². The molecule has 180 valence electrons. The summed E-state index contributed by atoms with van der Waals surface area (Å²) in [5.41, 5.74) is 2.51. The Labute approximate surface area is 211 Å². The third kappa shape index (κ3) is 6.05. The number of thiocarbonyl (C=S) groups is 1. The predicted molar refractivity (Wildman–Crippen MR) is 143 cm³/mol. The number of ether oxygens (including phenoxy) is 1. The molecule has 3 aromatic carbocycles. The molecule has 0 radical (unpaired) electrons. The van der Waals surface area contributed by atoms with E-state index in [1.807, 2.05) is 72.5 Å². The summed E-state index contributed by atoms with van der Waals surface area (Å²) >= 11 is 5.73. The fourth-order valence-corrected chi connectivity index (χ4v) is 4.39. The van der Waals surface area contributed by atoms with Gasteiger partial charge in [0.1, 0.15) is 11.8 Å². The molecule has 0 saturated carbocycles. The van der Waals surface area contributed by atoms with Crippen LogP contribution in [0, 0.1) is 0 Å². The second-order valence-electron chi connectivity index (χ2n) is 8.35. The lowest BCUT2D eigenvalue weighted by Crippen LogP contribution is -2.48. The normalized spacial score (nSPS) is 15.2. The second-order valence-corrected chi connectivity index (χ2v) is 8.74. The van der Waals surface area contributed by atoms with Crippen LogP contribution in [0.15, 0.2) is 84.9 Å². The van der Waals surface area contributed by atoms with Crippen molar-refractivity contribution in [2.45, 2.75) is 32.2 Å². The van der Waals surface area contributed by atoms with Crippen molar-refractivity contribution >= 4 is 40.5 Å². The van der Waals surface area contributed by atoms with Crippen molar-refractivity contribution in [3.63, 3.8) is 0 Å². The average Bonchev–Trinajstić information content (AvgIpc) is 3.18. The lowest BCUT2D eigenvalue weighted by Gasteiger charge is -2.30. The van der Waals surface area contributed by atoms with E-state index in [9.17, 15) is 9.59 Å². The van der Waals surface area contributed by atoms with Crippen LogP contribution < -0.4 is 15.0 Å². The highest BCUT2D eigenvalue weighted by Crippen LogP contribution is 2.28.